The number of aryl methyl sites for hydroxylation is 1. The van der Waals surface area contributed by atoms with Crippen LogP contribution in [0.15, 0.2) is 59.5 Å². The van der Waals surface area contributed by atoms with Crippen molar-refractivity contribution in [1.82, 2.24) is 4.98 Å². The summed E-state index contributed by atoms with van der Waals surface area (Å²) in [5, 5.41) is 6.21. The minimum atomic E-state index is -3.67. The summed E-state index contributed by atoms with van der Waals surface area (Å²) in [4.78, 5) is 4.72. The number of hydrogen-bond donors (Lipinski definition) is 1. The van der Waals surface area contributed by atoms with Crippen molar-refractivity contribution >= 4 is 20.9 Å². The van der Waals surface area contributed by atoms with Crippen molar-refractivity contribution in [3.05, 3.63) is 60.2 Å². The molecule has 5 heteroatoms. The normalized spacial score (nSPS) is 11.7. The number of rotatable bonds is 2. The van der Waals surface area contributed by atoms with E-state index >= 15 is 0 Å². The van der Waals surface area contributed by atoms with Crippen LogP contribution in [-0.2, 0) is 10.0 Å². The fraction of sp³-hybridized carbons (Fsp3) is 0.0625. The number of benzene rings is 2. The van der Waals surface area contributed by atoms with E-state index < -0.39 is 10.0 Å². The molecule has 0 aliphatic rings. The second-order valence-electron chi connectivity index (χ2n) is 4.91. The number of primary sulfonamides is 1. The average molecular weight is 298 g/mol. The predicted molar refractivity (Wildman–Crippen MR) is 83.3 cm³/mol. The molecular formula is C16H14N2O2S. The Morgan fingerprint density at radius 3 is 2.33 bits per heavy atom. The largest absolute Gasteiger partial charge is 0.248 e. The Bertz CT molecular complexity index is 917. The molecule has 0 fully saturated rings. The fourth-order valence-corrected chi connectivity index (χ4v) is 2.83. The van der Waals surface area contributed by atoms with Gasteiger partial charge in [0.05, 0.1) is 16.1 Å². The summed E-state index contributed by atoms with van der Waals surface area (Å²) in [6, 6.07) is 16.4. The van der Waals surface area contributed by atoms with Gasteiger partial charge in [0.1, 0.15) is 0 Å². The van der Waals surface area contributed by atoms with Gasteiger partial charge >= 0.3 is 0 Å². The van der Waals surface area contributed by atoms with Crippen molar-refractivity contribution in [2.24, 2.45) is 5.14 Å². The third-order valence-corrected chi connectivity index (χ3v) is 4.33. The Hall–Kier alpha value is -2.24. The van der Waals surface area contributed by atoms with Crippen LogP contribution in [0.3, 0.4) is 0 Å². The molecule has 0 aliphatic carbocycles. The summed E-state index contributed by atoms with van der Waals surface area (Å²) < 4.78 is 22.5. The molecule has 0 bridgehead atoms. The highest BCUT2D eigenvalue weighted by molar-refractivity contribution is 7.89. The molecule has 0 radical (unpaired) electrons. The van der Waals surface area contributed by atoms with Gasteiger partial charge in [0.15, 0.2) is 0 Å². The zero-order chi connectivity index (χ0) is 15.0. The van der Waals surface area contributed by atoms with Gasteiger partial charge < -0.3 is 0 Å². The molecule has 2 aromatic carbocycles. The first-order valence-electron chi connectivity index (χ1n) is 6.45. The molecule has 106 valence electrons. The zero-order valence-electron chi connectivity index (χ0n) is 11.4. The van der Waals surface area contributed by atoms with Crippen molar-refractivity contribution in [2.45, 2.75) is 11.8 Å². The molecule has 21 heavy (non-hydrogen) atoms. The number of para-hydroxylation sites is 1. The first-order chi connectivity index (χ1) is 9.95. The van der Waals surface area contributed by atoms with Crippen LogP contribution in [0.2, 0.25) is 0 Å². The topological polar surface area (TPSA) is 73.1 Å². The SMILES string of the molecule is Cc1cc(-c2ccc(S(N)(=O)=O)cc2)nc2ccccc12. The second-order valence-corrected chi connectivity index (χ2v) is 6.47. The Morgan fingerprint density at radius 1 is 1.00 bits per heavy atom. The highest BCUT2D eigenvalue weighted by Gasteiger charge is 2.09. The lowest BCUT2D eigenvalue weighted by Crippen LogP contribution is -2.11. The van der Waals surface area contributed by atoms with Crippen LogP contribution in [0, 0.1) is 6.92 Å². The van der Waals surface area contributed by atoms with Crippen LogP contribution in [-0.4, -0.2) is 13.4 Å². The van der Waals surface area contributed by atoms with Gasteiger partial charge in [-0.25, -0.2) is 18.5 Å². The predicted octanol–water partition coefficient (Wildman–Crippen LogP) is 2.86. The lowest BCUT2D eigenvalue weighted by atomic mass is 10.1. The first kappa shape index (κ1) is 13.7. The van der Waals surface area contributed by atoms with Crippen molar-refractivity contribution in [3.63, 3.8) is 0 Å². The van der Waals surface area contributed by atoms with Gasteiger partial charge in [-0.1, -0.05) is 30.3 Å². The van der Waals surface area contributed by atoms with Crippen molar-refractivity contribution in [1.29, 1.82) is 0 Å². The number of hydrogen-bond acceptors (Lipinski definition) is 3. The molecule has 1 aromatic heterocycles. The maximum Gasteiger partial charge on any atom is 0.238 e. The summed E-state index contributed by atoms with van der Waals surface area (Å²) in [5.74, 6) is 0. The summed E-state index contributed by atoms with van der Waals surface area (Å²) in [6.45, 7) is 2.03. The Labute approximate surface area is 123 Å². The molecule has 0 aliphatic heterocycles. The molecule has 0 saturated heterocycles. The van der Waals surface area contributed by atoms with E-state index in [1.54, 1.807) is 12.1 Å². The van der Waals surface area contributed by atoms with Crippen LogP contribution in [0.4, 0.5) is 0 Å². The maximum absolute atomic E-state index is 11.3. The molecule has 3 rings (SSSR count). The van der Waals surface area contributed by atoms with Crippen LogP contribution < -0.4 is 5.14 Å². The average Bonchev–Trinajstić information content (AvgIpc) is 2.46. The number of sulfonamides is 1. The van der Waals surface area contributed by atoms with Gasteiger partial charge in [-0.3, -0.25) is 0 Å². The van der Waals surface area contributed by atoms with E-state index in [1.165, 1.54) is 12.1 Å². The molecule has 0 atom stereocenters. The molecule has 0 saturated carbocycles. The van der Waals surface area contributed by atoms with E-state index in [0.717, 1.165) is 27.7 Å². The van der Waals surface area contributed by atoms with Crippen LogP contribution >= 0.6 is 0 Å². The van der Waals surface area contributed by atoms with E-state index in [-0.39, 0.29) is 4.90 Å². The third kappa shape index (κ3) is 2.66. The van der Waals surface area contributed by atoms with Crippen LogP contribution in [0.5, 0.6) is 0 Å². The molecule has 0 spiro atoms. The monoisotopic (exact) mass is 298 g/mol. The summed E-state index contributed by atoms with van der Waals surface area (Å²) in [7, 11) is -3.67. The lowest BCUT2D eigenvalue weighted by Gasteiger charge is -2.07. The summed E-state index contributed by atoms with van der Waals surface area (Å²) in [5.41, 5.74) is 3.72. The van der Waals surface area contributed by atoms with Gasteiger partial charge in [-0.2, -0.15) is 0 Å². The molecule has 4 nitrogen and oxygen atoms in total. The molecule has 1 heterocycles. The number of aromatic nitrogens is 1. The highest BCUT2D eigenvalue weighted by atomic mass is 32.2. The van der Waals surface area contributed by atoms with E-state index in [1.807, 2.05) is 37.3 Å². The van der Waals surface area contributed by atoms with E-state index in [4.69, 9.17) is 5.14 Å². The van der Waals surface area contributed by atoms with Gasteiger partial charge in [-0.05, 0) is 36.8 Å². The summed E-state index contributed by atoms with van der Waals surface area (Å²) in [6.07, 6.45) is 0. The van der Waals surface area contributed by atoms with E-state index in [0.29, 0.717) is 0 Å². The molecule has 0 unspecified atom stereocenters. The van der Waals surface area contributed by atoms with E-state index in [9.17, 15) is 8.42 Å². The standard InChI is InChI=1S/C16H14N2O2S/c1-11-10-16(18-15-5-3-2-4-14(11)15)12-6-8-13(9-7-12)21(17,19)20/h2-10H,1H3,(H2,17,19,20). The maximum atomic E-state index is 11.3. The first-order valence-corrected chi connectivity index (χ1v) is 7.99. The number of nitrogens with zero attached hydrogens (tertiary/aromatic N) is 1. The van der Waals surface area contributed by atoms with Crippen molar-refractivity contribution in [2.75, 3.05) is 0 Å². The lowest BCUT2D eigenvalue weighted by molar-refractivity contribution is 0.598. The second kappa shape index (κ2) is 4.95. The van der Waals surface area contributed by atoms with Gasteiger partial charge in [0.25, 0.3) is 0 Å². The Balaban J connectivity index is 2.12. The Morgan fingerprint density at radius 2 is 1.67 bits per heavy atom. The zero-order valence-corrected chi connectivity index (χ0v) is 12.3. The third-order valence-electron chi connectivity index (χ3n) is 3.40. The van der Waals surface area contributed by atoms with Gasteiger partial charge in [-0.15, -0.1) is 0 Å². The molecule has 3 aromatic rings. The van der Waals surface area contributed by atoms with E-state index in [2.05, 4.69) is 4.98 Å². The van der Waals surface area contributed by atoms with Crippen LogP contribution in [0.25, 0.3) is 22.2 Å². The molecular weight excluding hydrogens is 284 g/mol. The number of nitrogens with two attached hydrogens (primary N) is 1. The Kier molecular flexibility index (Phi) is 3.23. The number of fused-ring (bicyclic) bond motifs is 1. The number of pyridine rings is 1. The minimum absolute atomic E-state index is 0.101. The molecule has 2 N–H and O–H groups in total. The quantitative estimate of drug-likeness (QED) is 0.790. The smallest absolute Gasteiger partial charge is 0.238 e. The minimum Gasteiger partial charge on any atom is -0.248 e. The summed E-state index contributed by atoms with van der Waals surface area (Å²) >= 11 is 0. The fourth-order valence-electron chi connectivity index (χ4n) is 2.31. The highest BCUT2D eigenvalue weighted by Crippen LogP contribution is 2.25. The van der Waals surface area contributed by atoms with Crippen molar-refractivity contribution < 1.29 is 8.42 Å². The molecule has 0 amide bonds. The van der Waals surface area contributed by atoms with Gasteiger partial charge in [0.2, 0.25) is 10.0 Å². The van der Waals surface area contributed by atoms with Crippen molar-refractivity contribution in [3.8, 4) is 11.3 Å². The van der Waals surface area contributed by atoms with Gasteiger partial charge in [0, 0.05) is 10.9 Å². The van der Waals surface area contributed by atoms with Crippen LogP contribution in [0.1, 0.15) is 5.56 Å².